The van der Waals surface area contributed by atoms with Crippen LogP contribution in [0, 0.1) is 0 Å². The molecule has 3 rings (SSSR count). The number of rotatable bonds is 2. The normalized spacial score (nSPS) is 14.8. The van der Waals surface area contributed by atoms with Gasteiger partial charge in [0.15, 0.2) is 11.5 Å². The number of hydrazine groups is 1. The van der Waals surface area contributed by atoms with Crippen LogP contribution in [0.4, 0.5) is 4.79 Å². The maximum absolute atomic E-state index is 11.6. The van der Waals surface area contributed by atoms with Crippen molar-refractivity contribution in [1.82, 2.24) is 30.3 Å². The highest BCUT2D eigenvalue weighted by Gasteiger charge is 2.25. The molecule has 2 amide bonds. The summed E-state index contributed by atoms with van der Waals surface area (Å²) in [4.78, 5) is 23.2. The van der Waals surface area contributed by atoms with Gasteiger partial charge in [0.1, 0.15) is 14.1 Å². The fraction of sp³-hybridized carbons (Fsp3) is 0.333. The Hall–Kier alpha value is -3.24. The number of carbonyl (C=O) groups is 1. The van der Waals surface area contributed by atoms with Crippen molar-refractivity contribution in [2.24, 2.45) is 19.2 Å². The molecule has 0 radical (unpaired) electrons. The molecule has 0 aromatic carbocycles. The molecule has 11 nitrogen and oxygen atoms in total. The molecule has 0 atom stereocenters. The van der Waals surface area contributed by atoms with Crippen molar-refractivity contribution in [2.75, 3.05) is 14.1 Å². The summed E-state index contributed by atoms with van der Waals surface area (Å²) in [5, 5.41) is 14.7. The number of carbonyl (C=O) groups excluding carboxylic acids is 1. The Morgan fingerprint density at radius 3 is 2.52 bits per heavy atom. The molecule has 3 heterocycles. The lowest BCUT2D eigenvalue weighted by Crippen LogP contribution is -2.54. The van der Waals surface area contributed by atoms with Gasteiger partial charge in [-0.1, -0.05) is 19.6 Å². The molecule has 0 aliphatic carbocycles. The predicted molar refractivity (Wildman–Crippen MR) is 76.7 cm³/mol. The van der Waals surface area contributed by atoms with Crippen molar-refractivity contribution in [3.8, 4) is 11.6 Å². The molecule has 0 unspecified atom stereocenters. The van der Waals surface area contributed by atoms with Crippen molar-refractivity contribution >= 4 is 11.9 Å². The van der Waals surface area contributed by atoms with Gasteiger partial charge >= 0.3 is 11.7 Å². The summed E-state index contributed by atoms with van der Waals surface area (Å²) in [6.07, 6.45) is 0. The van der Waals surface area contributed by atoms with E-state index >= 15 is 0 Å². The van der Waals surface area contributed by atoms with Crippen LogP contribution < -0.4 is 15.8 Å². The minimum Gasteiger partial charge on any atom is -0.449 e. The Morgan fingerprint density at radius 2 is 1.87 bits per heavy atom. The van der Waals surface area contributed by atoms with Crippen LogP contribution >= 0.6 is 0 Å². The topological polar surface area (TPSA) is 113 Å². The molecule has 2 aromatic rings. The van der Waals surface area contributed by atoms with Crippen molar-refractivity contribution in [3.05, 3.63) is 28.4 Å². The van der Waals surface area contributed by atoms with E-state index in [1.807, 2.05) is 0 Å². The number of aromatic nitrogens is 4. The van der Waals surface area contributed by atoms with Crippen LogP contribution in [0.2, 0.25) is 0 Å². The summed E-state index contributed by atoms with van der Waals surface area (Å²) < 4.78 is 8.01. The molecule has 0 saturated heterocycles. The Labute approximate surface area is 130 Å². The van der Waals surface area contributed by atoms with Gasteiger partial charge in [-0.25, -0.2) is 14.8 Å². The summed E-state index contributed by atoms with van der Waals surface area (Å²) in [6, 6.07) is 3.04. The van der Waals surface area contributed by atoms with E-state index in [9.17, 15) is 9.59 Å². The van der Waals surface area contributed by atoms with E-state index in [1.54, 1.807) is 26.2 Å². The van der Waals surface area contributed by atoms with Crippen LogP contribution in [-0.2, 0) is 14.1 Å². The van der Waals surface area contributed by atoms with E-state index in [-0.39, 0.29) is 17.5 Å². The van der Waals surface area contributed by atoms with Gasteiger partial charge in [0.25, 0.3) is 5.82 Å². The standard InChI is InChI=1S/C12H15N8O3/c1-17-11(21)18(2)14-9(13-17)7-5-6-8(23-7)10-15-19(3)12(22)20(4)16-10/h5-6H,1-4H3,(H,13,14)/q+1. The summed E-state index contributed by atoms with van der Waals surface area (Å²) >= 11 is 0. The van der Waals surface area contributed by atoms with Crippen molar-refractivity contribution < 1.29 is 13.9 Å². The third-order valence-corrected chi connectivity index (χ3v) is 3.19. The molecular formula is C12H15N8O3+. The quantitative estimate of drug-likeness (QED) is 0.669. The second-order valence-corrected chi connectivity index (χ2v) is 4.94. The third-order valence-electron chi connectivity index (χ3n) is 3.19. The SMILES string of the molecule is CN1N=C(c2ccc(-c3nn(C)c(=O)[n+](C)n3)o2)NN(C)C1=O. The van der Waals surface area contributed by atoms with E-state index in [4.69, 9.17) is 4.42 Å². The molecule has 1 aliphatic rings. The number of amides is 2. The Bertz CT molecular complexity index is 841. The maximum atomic E-state index is 11.6. The van der Waals surface area contributed by atoms with Gasteiger partial charge in [-0.05, 0) is 12.1 Å². The number of nitrogens with one attached hydrogen (secondary N) is 1. The van der Waals surface area contributed by atoms with E-state index in [1.165, 1.54) is 33.5 Å². The zero-order chi connectivity index (χ0) is 16.7. The summed E-state index contributed by atoms with van der Waals surface area (Å²) in [6.45, 7) is 0. The first-order chi connectivity index (χ1) is 10.9. The summed E-state index contributed by atoms with van der Waals surface area (Å²) in [5.74, 6) is 1.41. The molecular weight excluding hydrogens is 304 g/mol. The zero-order valence-electron chi connectivity index (χ0n) is 13.0. The minimum absolute atomic E-state index is 0.259. The minimum atomic E-state index is -0.347. The number of furan rings is 1. The Kier molecular flexibility index (Phi) is 3.32. The van der Waals surface area contributed by atoms with Crippen molar-refractivity contribution in [2.45, 2.75) is 0 Å². The molecule has 1 N–H and O–H groups in total. The van der Waals surface area contributed by atoms with E-state index < -0.39 is 0 Å². The lowest BCUT2D eigenvalue weighted by molar-refractivity contribution is -0.749. The number of hydrogen-bond donors (Lipinski definition) is 1. The van der Waals surface area contributed by atoms with Crippen LogP contribution in [0.25, 0.3) is 11.6 Å². The first-order valence-corrected chi connectivity index (χ1v) is 6.65. The van der Waals surface area contributed by atoms with Gasteiger partial charge in [0.2, 0.25) is 5.84 Å². The molecule has 23 heavy (non-hydrogen) atoms. The van der Waals surface area contributed by atoms with Gasteiger partial charge in [-0.2, -0.15) is 4.79 Å². The third kappa shape index (κ3) is 2.52. The summed E-state index contributed by atoms with van der Waals surface area (Å²) in [7, 11) is 6.17. The van der Waals surface area contributed by atoms with Crippen LogP contribution in [0.15, 0.2) is 26.4 Å². The average Bonchev–Trinajstić information content (AvgIpc) is 2.99. The zero-order valence-corrected chi connectivity index (χ0v) is 13.0. The van der Waals surface area contributed by atoms with Crippen molar-refractivity contribution in [1.29, 1.82) is 0 Å². The van der Waals surface area contributed by atoms with Crippen molar-refractivity contribution in [3.63, 3.8) is 0 Å². The average molecular weight is 319 g/mol. The molecule has 120 valence electrons. The molecule has 0 spiro atoms. The molecule has 1 aliphatic heterocycles. The largest absolute Gasteiger partial charge is 0.539 e. The van der Waals surface area contributed by atoms with E-state index in [0.717, 1.165) is 0 Å². The first kappa shape index (κ1) is 14.7. The van der Waals surface area contributed by atoms with Gasteiger partial charge in [0.05, 0.1) is 0 Å². The highest BCUT2D eigenvalue weighted by atomic mass is 16.3. The highest BCUT2D eigenvalue weighted by molar-refractivity contribution is 5.99. The number of hydrogen-bond acceptors (Lipinski definition) is 7. The molecule has 0 saturated carbocycles. The van der Waals surface area contributed by atoms with Crippen LogP contribution in [-0.4, -0.2) is 50.9 Å². The summed E-state index contributed by atoms with van der Waals surface area (Å²) in [5.41, 5.74) is 2.46. The van der Waals surface area contributed by atoms with Crippen LogP contribution in [0.3, 0.4) is 0 Å². The molecule has 11 heteroatoms. The predicted octanol–water partition coefficient (Wildman–Crippen LogP) is -1.58. The van der Waals surface area contributed by atoms with Crippen LogP contribution in [0.1, 0.15) is 5.76 Å². The number of urea groups is 1. The smallest absolute Gasteiger partial charge is 0.449 e. The first-order valence-electron chi connectivity index (χ1n) is 6.65. The second-order valence-electron chi connectivity index (χ2n) is 4.94. The molecule has 2 aromatic heterocycles. The second kappa shape index (κ2) is 5.19. The fourth-order valence-electron chi connectivity index (χ4n) is 2.03. The molecule has 0 fully saturated rings. The number of nitrogens with zero attached hydrogens (tertiary/aromatic N) is 7. The highest BCUT2D eigenvalue weighted by Crippen LogP contribution is 2.18. The number of amidine groups is 1. The van der Waals surface area contributed by atoms with E-state index in [0.29, 0.717) is 17.4 Å². The molecule has 0 bridgehead atoms. The number of hydrazone groups is 1. The van der Waals surface area contributed by atoms with Gasteiger partial charge < -0.3 is 4.42 Å². The Balaban J connectivity index is 1.97. The number of aryl methyl sites for hydroxylation is 2. The van der Waals surface area contributed by atoms with Gasteiger partial charge in [-0.3, -0.25) is 5.43 Å². The van der Waals surface area contributed by atoms with E-state index in [2.05, 4.69) is 20.7 Å². The monoisotopic (exact) mass is 319 g/mol. The lowest BCUT2D eigenvalue weighted by atomic mass is 10.4. The maximum Gasteiger partial charge on any atom is 0.539 e. The Morgan fingerprint density at radius 1 is 1.17 bits per heavy atom. The van der Waals surface area contributed by atoms with Crippen LogP contribution in [0.5, 0.6) is 0 Å². The lowest BCUT2D eigenvalue weighted by Gasteiger charge is -2.28. The fourth-order valence-corrected chi connectivity index (χ4v) is 2.03. The van der Waals surface area contributed by atoms with Gasteiger partial charge in [-0.15, -0.1) is 5.10 Å². The van der Waals surface area contributed by atoms with Gasteiger partial charge in [0, 0.05) is 14.1 Å².